The number of amides is 1. The summed E-state index contributed by atoms with van der Waals surface area (Å²) >= 11 is 0. The van der Waals surface area contributed by atoms with E-state index in [2.05, 4.69) is 27.8 Å². The van der Waals surface area contributed by atoms with Gasteiger partial charge in [0.15, 0.2) is 0 Å². The molecule has 0 saturated heterocycles. The zero-order valence-electron chi connectivity index (χ0n) is 13.0. The normalized spacial score (nSPS) is 16.8. The summed E-state index contributed by atoms with van der Waals surface area (Å²) in [6.45, 7) is 0.960. The molecule has 1 amide bonds. The highest BCUT2D eigenvalue weighted by Gasteiger charge is 2.24. The van der Waals surface area contributed by atoms with Gasteiger partial charge in [-0.15, -0.1) is 24.8 Å². The van der Waals surface area contributed by atoms with Gasteiger partial charge in [0.1, 0.15) is 0 Å². The fourth-order valence-corrected chi connectivity index (χ4v) is 2.69. The van der Waals surface area contributed by atoms with Crippen molar-refractivity contribution in [2.24, 2.45) is 0 Å². The molecule has 1 aromatic carbocycles. The summed E-state index contributed by atoms with van der Waals surface area (Å²) in [7, 11) is 0. The topological polar surface area (TPSA) is 74.2 Å². The zero-order valence-corrected chi connectivity index (χ0v) is 14.6. The van der Waals surface area contributed by atoms with E-state index in [-0.39, 0.29) is 43.3 Å². The van der Waals surface area contributed by atoms with E-state index >= 15 is 0 Å². The predicted molar refractivity (Wildman–Crippen MR) is 97.8 cm³/mol. The van der Waals surface area contributed by atoms with Gasteiger partial charge in [0.2, 0.25) is 0 Å². The molecular formula is C17H21Cl2N3O2. The Kier molecular flexibility index (Phi) is 8.15. The Morgan fingerprint density at radius 3 is 2.71 bits per heavy atom. The minimum absolute atomic E-state index is 0. The number of nitrogens with zero attached hydrogens (tertiary/aromatic N) is 1. The number of pyridine rings is 1. The highest BCUT2D eigenvalue weighted by atomic mass is 35.5. The van der Waals surface area contributed by atoms with Crippen LogP contribution in [-0.2, 0) is 13.0 Å². The summed E-state index contributed by atoms with van der Waals surface area (Å²) in [5, 5.41) is 16.4. The van der Waals surface area contributed by atoms with Gasteiger partial charge in [0, 0.05) is 31.5 Å². The van der Waals surface area contributed by atoms with Crippen LogP contribution in [0.2, 0.25) is 0 Å². The molecule has 5 nitrogen and oxygen atoms in total. The van der Waals surface area contributed by atoms with Crippen molar-refractivity contribution in [1.29, 1.82) is 0 Å². The van der Waals surface area contributed by atoms with Crippen molar-refractivity contribution >= 4 is 30.7 Å². The summed E-state index contributed by atoms with van der Waals surface area (Å²) in [5.74, 6) is -0.219. The van der Waals surface area contributed by atoms with Crippen molar-refractivity contribution in [3.8, 4) is 0 Å². The van der Waals surface area contributed by atoms with E-state index in [0.29, 0.717) is 5.56 Å². The van der Waals surface area contributed by atoms with E-state index < -0.39 is 6.10 Å². The molecule has 2 atom stereocenters. The Morgan fingerprint density at radius 2 is 2.00 bits per heavy atom. The molecule has 0 fully saturated rings. The summed E-state index contributed by atoms with van der Waals surface area (Å²) < 4.78 is 0. The van der Waals surface area contributed by atoms with Crippen LogP contribution in [0.25, 0.3) is 0 Å². The van der Waals surface area contributed by atoms with E-state index in [1.54, 1.807) is 18.3 Å². The number of carbonyl (C=O) groups is 1. The van der Waals surface area contributed by atoms with E-state index in [4.69, 9.17) is 0 Å². The Balaban J connectivity index is 0.00000144. The smallest absolute Gasteiger partial charge is 0.252 e. The standard InChI is InChI=1S/C17H19N3O2.2ClH/c21-16(11-20-17(22)14-6-3-7-18-9-14)15-8-12-4-1-2-5-13(12)10-19-15;;/h1-7,9,15-16,19,21H,8,10-11H2,(H,20,22);2*1H/t15-,16+;;/m0../s1. The van der Waals surface area contributed by atoms with Gasteiger partial charge in [0.05, 0.1) is 11.7 Å². The van der Waals surface area contributed by atoms with Crippen LogP contribution in [0, 0.1) is 0 Å². The molecule has 0 bridgehead atoms. The fraction of sp³-hybridized carbons (Fsp3) is 0.294. The van der Waals surface area contributed by atoms with Crippen LogP contribution in [0.3, 0.4) is 0 Å². The molecule has 0 aliphatic carbocycles. The van der Waals surface area contributed by atoms with Crippen molar-refractivity contribution < 1.29 is 9.90 Å². The lowest BCUT2D eigenvalue weighted by atomic mass is 9.93. The van der Waals surface area contributed by atoms with Crippen LogP contribution in [0.1, 0.15) is 21.5 Å². The van der Waals surface area contributed by atoms with E-state index in [1.165, 1.54) is 17.3 Å². The maximum absolute atomic E-state index is 11.9. The number of aliphatic hydroxyl groups is 1. The molecule has 0 radical (unpaired) electrons. The number of fused-ring (bicyclic) bond motifs is 1. The molecule has 130 valence electrons. The summed E-state index contributed by atoms with van der Waals surface area (Å²) in [6, 6.07) is 11.6. The molecule has 0 spiro atoms. The SMILES string of the molecule is Cl.Cl.O=C(NC[C@@H](O)[C@@H]1Cc2ccccc2CN1)c1cccnc1. The Labute approximate surface area is 153 Å². The van der Waals surface area contributed by atoms with Crippen molar-refractivity contribution in [2.75, 3.05) is 6.54 Å². The second-order valence-electron chi connectivity index (χ2n) is 5.48. The van der Waals surface area contributed by atoms with Crippen LogP contribution in [0.15, 0.2) is 48.8 Å². The molecule has 2 aromatic rings. The number of rotatable bonds is 4. The first kappa shape index (κ1) is 20.4. The predicted octanol–water partition coefficient (Wildman–Crippen LogP) is 1.73. The quantitative estimate of drug-likeness (QED) is 0.767. The first-order chi connectivity index (χ1) is 10.7. The highest BCUT2D eigenvalue weighted by molar-refractivity contribution is 5.93. The molecule has 24 heavy (non-hydrogen) atoms. The van der Waals surface area contributed by atoms with Gasteiger partial charge in [0.25, 0.3) is 5.91 Å². The number of aromatic nitrogens is 1. The molecule has 3 rings (SSSR count). The highest BCUT2D eigenvalue weighted by Crippen LogP contribution is 2.17. The Morgan fingerprint density at radius 1 is 1.25 bits per heavy atom. The first-order valence-electron chi connectivity index (χ1n) is 7.40. The number of hydrogen-bond donors (Lipinski definition) is 3. The monoisotopic (exact) mass is 369 g/mol. The van der Waals surface area contributed by atoms with Gasteiger partial charge in [-0.2, -0.15) is 0 Å². The molecule has 0 saturated carbocycles. The third-order valence-corrected chi connectivity index (χ3v) is 3.97. The van der Waals surface area contributed by atoms with Gasteiger partial charge < -0.3 is 15.7 Å². The molecule has 0 unspecified atom stereocenters. The summed E-state index contributed by atoms with van der Waals surface area (Å²) in [6.07, 6.45) is 3.26. The van der Waals surface area contributed by atoms with Gasteiger partial charge in [-0.05, 0) is 29.7 Å². The van der Waals surface area contributed by atoms with Crippen LogP contribution in [0.5, 0.6) is 0 Å². The minimum Gasteiger partial charge on any atom is -0.390 e. The molecule has 7 heteroatoms. The van der Waals surface area contributed by atoms with E-state index in [9.17, 15) is 9.90 Å². The number of halogens is 2. The van der Waals surface area contributed by atoms with Crippen molar-refractivity contribution in [2.45, 2.75) is 25.1 Å². The summed E-state index contributed by atoms with van der Waals surface area (Å²) in [4.78, 5) is 15.9. The lowest BCUT2D eigenvalue weighted by molar-refractivity contribution is 0.0869. The van der Waals surface area contributed by atoms with Gasteiger partial charge in [-0.25, -0.2) is 0 Å². The van der Waals surface area contributed by atoms with Crippen LogP contribution in [-0.4, -0.2) is 34.7 Å². The molecule has 2 heterocycles. The third-order valence-electron chi connectivity index (χ3n) is 3.97. The van der Waals surface area contributed by atoms with Crippen LogP contribution in [0.4, 0.5) is 0 Å². The molecule has 3 N–H and O–H groups in total. The minimum atomic E-state index is -0.631. The largest absolute Gasteiger partial charge is 0.390 e. The molecule has 1 aliphatic heterocycles. The molecule has 1 aromatic heterocycles. The second kappa shape index (κ2) is 9.59. The number of hydrogen-bond acceptors (Lipinski definition) is 4. The maximum Gasteiger partial charge on any atom is 0.252 e. The van der Waals surface area contributed by atoms with E-state index in [0.717, 1.165) is 13.0 Å². The second-order valence-corrected chi connectivity index (χ2v) is 5.48. The number of benzene rings is 1. The average molecular weight is 370 g/mol. The molecular weight excluding hydrogens is 349 g/mol. The first-order valence-corrected chi connectivity index (χ1v) is 7.40. The van der Waals surface area contributed by atoms with Gasteiger partial charge in [-0.3, -0.25) is 9.78 Å². The maximum atomic E-state index is 11.9. The lowest BCUT2D eigenvalue weighted by Crippen LogP contribution is -2.49. The average Bonchev–Trinajstić information content (AvgIpc) is 2.59. The van der Waals surface area contributed by atoms with Crippen molar-refractivity contribution in [3.63, 3.8) is 0 Å². The van der Waals surface area contributed by atoms with Crippen molar-refractivity contribution in [1.82, 2.24) is 15.6 Å². The van der Waals surface area contributed by atoms with Crippen LogP contribution >= 0.6 is 24.8 Å². The Bertz CT molecular complexity index is 655. The lowest BCUT2D eigenvalue weighted by Gasteiger charge is -2.30. The molecule has 1 aliphatic rings. The Hall–Kier alpha value is -1.66. The van der Waals surface area contributed by atoms with Gasteiger partial charge >= 0.3 is 0 Å². The number of carbonyl (C=O) groups excluding carboxylic acids is 1. The summed E-state index contributed by atoms with van der Waals surface area (Å²) in [5.41, 5.74) is 3.02. The van der Waals surface area contributed by atoms with E-state index in [1.807, 2.05) is 12.1 Å². The number of aliphatic hydroxyl groups excluding tert-OH is 1. The van der Waals surface area contributed by atoms with Gasteiger partial charge in [-0.1, -0.05) is 24.3 Å². The number of nitrogens with one attached hydrogen (secondary N) is 2. The fourth-order valence-electron chi connectivity index (χ4n) is 2.69. The van der Waals surface area contributed by atoms with Crippen molar-refractivity contribution in [3.05, 3.63) is 65.5 Å². The third kappa shape index (κ3) is 4.92. The zero-order chi connectivity index (χ0) is 15.4. The van der Waals surface area contributed by atoms with Crippen LogP contribution < -0.4 is 10.6 Å².